The van der Waals surface area contributed by atoms with E-state index in [1.54, 1.807) is 4.90 Å². The fourth-order valence-corrected chi connectivity index (χ4v) is 2.65. The van der Waals surface area contributed by atoms with Crippen LogP contribution >= 0.6 is 37.2 Å². The zero-order valence-electron chi connectivity index (χ0n) is 15.9. The molecule has 0 saturated heterocycles. The minimum absolute atomic E-state index is 0. The Morgan fingerprint density at radius 2 is 1.41 bits per heavy atom. The van der Waals surface area contributed by atoms with Crippen molar-refractivity contribution in [2.45, 2.75) is 52.7 Å². The lowest BCUT2D eigenvalue weighted by Gasteiger charge is -2.25. The first-order valence-corrected chi connectivity index (χ1v) is 8.39. The van der Waals surface area contributed by atoms with E-state index < -0.39 is 6.04 Å². The van der Waals surface area contributed by atoms with Gasteiger partial charge in [0, 0.05) is 11.4 Å². The van der Waals surface area contributed by atoms with Crippen molar-refractivity contribution in [3.05, 3.63) is 59.2 Å². The van der Waals surface area contributed by atoms with E-state index in [2.05, 4.69) is 9.97 Å². The number of aryl methyl sites for hydroxylation is 2. The molecule has 5 nitrogen and oxygen atoms in total. The molecule has 0 aromatic carbocycles. The molecule has 2 aromatic rings. The standard InChI is InChI=1S/C19H26N4O.3ClH/c1-4-7-18(20)19(24)23(12-16-10-5-8-14(2)21-16)13-17-11-6-9-15(3)22-17;;;/h5-6,8-11,18H,4,7,12-13,20H2,1-3H3;3*1H. The van der Waals surface area contributed by atoms with Gasteiger partial charge in [-0.15, -0.1) is 37.2 Å². The fraction of sp³-hybridized carbons (Fsp3) is 0.421. The van der Waals surface area contributed by atoms with Crippen LogP contribution in [0.1, 0.15) is 42.5 Å². The zero-order valence-corrected chi connectivity index (χ0v) is 18.4. The Kier molecular flexibility index (Phi) is 14.1. The van der Waals surface area contributed by atoms with Crippen molar-refractivity contribution in [1.82, 2.24) is 14.9 Å². The third-order valence-corrected chi connectivity index (χ3v) is 3.83. The van der Waals surface area contributed by atoms with E-state index in [9.17, 15) is 4.79 Å². The maximum atomic E-state index is 12.8. The molecular formula is C19H29Cl3N4O. The van der Waals surface area contributed by atoms with E-state index in [4.69, 9.17) is 5.73 Å². The first-order chi connectivity index (χ1) is 11.5. The Hall–Kier alpha value is -1.40. The Balaban J connectivity index is 0. The highest BCUT2D eigenvalue weighted by Gasteiger charge is 2.21. The second-order valence-electron chi connectivity index (χ2n) is 6.13. The third-order valence-electron chi connectivity index (χ3n) is 3.83. The van der Waals surface area contributed by atoms with Crippen LogP contribution in [0.5, 0.6) is 0 Å². The van der Waals surface area contributed by atoms with Gasteiger partial charge in [-0.1, -0.05) is 25.5 Å². The van der Waals surface area contributed by atoms with Crippen molar-refractivity contribution < 1.29 is 4.79 Å². The SMILES string of the molecule is CCCC(N)C(=O)N(Cc1cccc(C)n1)Cc1cccc(C)n1.Cl.Cl.Cl. The first-order valence-electron chi connectivity index (χ1n) is 8.39. The van der Waals surface area contributed by atoms with Gasteiger partial charge < -0.3 is 10.6 Å². The van der Waals surface area contributed by atoms with Gasteiger partial charge in [0.25, 0.3) is 0 Å². The van der Waals surface area contributed by atoms with E-state index in [1.807, 2.05) is 57.2 Å². The van der Waals surface area contributed by atoms with Crippen molar-refractivity contribution >= 4 is 43.1 Å². The lowest BCUT2D eigenvalue weighted by Crippen LogP contribution is -2.43. The third kappa shape index (κ3) is 8.89. The highest BCUT2D eigenvalue weighted by atomic mass is 35.5. The van der Waals surface area contributed by atoms with Gasteiger partial charge in [0.1, 0.15) is 0 Å². The number of pyridine rings is 2. The van der Waals surface area contributed by atoms with Crippen LogP contribution in [0.4, 0.5) is 0 Å². The number of aromatic nitrogens is 2. The molecule has 0 aliphatic heterocycles. The molecule has 1 amide bonds. The summed E-state index contributed by atoms with van der Waals surface area (Å²) in [5, 5.41) is 0. The van der Waals surface area contributed by atoms with E-state index in [1.165, 1.54) is 0 Å². The Labute approximate surface area is 180 Å². The molecule has 1 atom stereocenters. The van der Waals surface area contributed by atoms with Gasteiger partial charge in [-0.05, 0) is 44.5 Å². The fourth-order valence-electron chi connectivity index (χ4n) is 2.65. The normalized spacial score (nSPS) is 10.7. The topological polar surface area (TPSA) is 72.1 Å². The monoisotopic (exact) mass is 434 g/mol. The van der Waals surface area contributed by atoms with Crippen LogP contribution in [0, 0.1) is 13.8 Å². The van der Waals surface area contributed by atoms with Crippen molar-refractivity contribution in [3.8, 4) is 0 Å². The van der Waals surface area contributed by atoms with Crippen LogP contribution in [-0.2, 0) is 17.9 Å². The van der Waals surface area contributed by atoms with Gasteiger partial charge in [0.05, 0.1) is 30.5 Å². The van der Waals surface area contributed by atoms with Gasteiger partial charge in [-0.25, -0.2) is 0 Å². The van der Waals surface area contributed by atoms with Crippen molar-refractivity contribution in [3.63, 3.8) is 0 Å². The number of carbonyl (C=O) groups is 1. The van der Waals surface area contributed by atoms with Gasteiger partial charge >= 0.3 is 0 Å². The zero-order chi connectivity index (χ0) is 17.5. The summed E-state index contributed by atoms with van der Waals surface area (Å²) >= 11 is 0. The average Bonchev–Trinajstić information content (AvgIpc) is 2.54. The second kappa shape index (κ2) is 13.7. The van der Waals surface area contributed by atoms with Crippen LogP contribution < -0.4 is 5.73 Å². The lowest BCUT2D eigenvalue weighted by molar-refractivity contribution is -0.134. The van der Waals surface area contributed by atoms with E-state index >= 15 is 0 Å². The summed E-state index contributed by atoms with van der Waals surface area (Å²) in [4.78, 5) is 23.5. The number of rotatable bonds is 7. The highest BCUT2D eigenvalue weighted by molar-refractivity contribution is 5.86. The van der Waals surface area contributed by atoms with Crippen LogP contribution in [0.15, 0.2) is 36.4 Å². The van der Waals surface area contributed by atoms with E-state index in [0.717, 1.165) is 29.2 Å². The number of carbonyl (C=O) groups excluding carboxylic acids is 1. The quantitative estimate of drug-likeness (QED) is 0.713. The summed E-state index contributed by atoms with van der Waals surface area (Å²) in [6.45, 7) is 6.80. The molecule has 152 valence electrons. The summed E-state index contributed by atoms with van der Waals surface area (Å²) in [6.07, 6.45) is 1.56. The van der Waals surface area contributed by atoms with E-state index in [0.29, 0.717) is 19.5 Å². The number of halogens is 3. The summed E-state index contributed by atoms with van der Waals surface area (Å²) in [7, 11) is 0. The maximum absolute atomic E-state index is 12.8. The van der Waals surface area contributed by atoms with Crippen LogP contribution in [0.3, 0.4) is 0 Å². The summed E-state index contributed by atoms with van der Waals surface area (Å²) in [5.74, 6) is -0.0523. The highest BCUT2D eigenvalue weighted by Crippen LogP contribution is 2.11. The molecule has 0 spiro atoms. The molecule has 0 radical (unpaired) electrons. The molecule has 0 fully saturated rings. The molecular weight excluding hydrogens is 407 g/mol. The molecule has 0 aliphatic rings. The number of amides is 1. The molecule has 1 unspecified atom stereocenters. The van der Waals surface area contributed by atoms with Gasteiger partial charge in [0.2, 0.25) is 5.91 Å². The molecule has 0 saturated carbocycles. The summed E-state index contributed by atoms with van der Waals surface area (Å²) in [5.41, 5.74) is 9.66. The van der Waals surface area contributed by atoms with Gasteiger partial charge in [-0.3, -0.25) is 14.8 Å². The maximum Gasteiger partial charge on any atom is 0.240 e. The minimum atomic E-state index is -0.482. The smallest absolute Gasteiger partial charge is 0.240 e. The Bertz CT molecular complexity index is 653. The van der Waals surface area contributed by atoms with Gasteiger partial charge in [-0.2, -0.15) is 0 Å². The molecule has 2 aromatic heterocycles. The number of hydrogen-bond acceptors (Lipinski definition) is 4. The molecule has 2 rings (SSSR count). The summed E-state index contributed by atoms with van der Waals surface area (Å²) < 4.78 is 0. The molecule has 27 heavy (non-hydrogen) atoms. The molecule has 0 aliphatic carbocycles. The van der Waals surface area contributed by atoms with E-state index in [-0.39, 0.29) is 43.1 Å². The summed E-state index contributed by atoms with van der Waals surface area (Å²) in [6, 6.07) is 11.2. The minimum Gasteiger partial charge on any atom is -0.330 e. The number of hydrogen-bond donors (Lipinski definition) is 1. The molecule has 0 bridgehead atoms. The van der Waals surface area contributed by atoms with Gasteiger partial charge in [0.15, 0.2) is 0 Å². The Morgan fingerprint density at radius 1 is 0.963 bits per heavy atom. The predicted octanol–water partition coefficient (Wildman–Crippen LogP) is 4.02. The molecule has 2 N–H and O–H groups in total. The van der Waals surface area contributed by atoms with Crippen LogP contribution in [-0.4, -0.2) is 26.8 Å². The van der Waals surface area contributed by atoms with Crippen molar-refractivity contribution in [1.29, 1.82) is 0 Å². The Morgan fingerprint density at radius 3 is 1.78 bits per heavy atom. The largest absolute Gasteiger partial charge is 0.330 e. The van der Waals surface area contributed by atoms with Crippen molar-refractivity contribution in [2.75, 3.05) is 0 Å². The predicted molar refractivity (Wildman–Crippen MR) is 117 cm³/mol. The first kappa shape index (κ1) is 27.8. The van der Waals surface area contributed by atoms with Crippen LogP contribution in [0.2, 0.25) is 0 Å². The number of nitrogens with zero attached hydrogens (tertiary/aromatic N) is 3. The van der Waals surface area contributed by atoms with Crippen LogP contribution in [0.25, 0.3) is 0 Å². The molecule has 2 heterocycles. The van der Waals surface area contributed by atoms with Crippen molar-refractivity contribution in [2.24, 2.45) is 5.73 Å². The second-order valence-corrected chi connectivity index (χ2v) is 6.13. The average molecular weight is 436 g/mol. The molecule has 8 heteroatoms. The number of nitrogens with two attached hydrogens (primary N) is 1. The lowest BCUT2D eigenvalue weighted by atomic mass is 10.1.